The van der Waals surface area contributed by atoms with Crippen molar-refractivity contribution in [1.29, 1.82) is 0 Å². The van der Waals surface area contributed by atoms with Crippen LogP contribution in [0.4, 0.5) is 5.82 Å². The normalized spacial score (nSPS) is 28.5. The molecule has 0 spiro atoms. The topological polar surface area (TPSA) is 82.7 Å². The zero-order valence-electron chi connectivity index (χ0n) is 11.9. The van der Waals surface area contributed by atoms with Crippen molar-refractivity contribution >= 4 is 22.6 Å². The van der Waals surface area contributed by atoms with Gasteiger partial charge in [0.1, 0.15) is 0 Å². The number of carbonyl (C=O) groups is 1. The molecule has 0 bridgehead atoms. The lowest BCUT2D eigenvalue weighted by Crippen LogP contribution is -2.52. The summed E-state index contributed by atoms with van der Waals surface area (Å²) >= 11 is 0. The Morgan fingerprint density at radius 1 is 1.38 bits per heavy atom. The molecule has 2 aliphatic rings. The average Bonchev–Trinajstić information content (AvgIpc) is 3.12. The Bertz CT molecular complexity index is 682. The van der Waals surface area contributed by atoms with Crippen LogP contribution in [0.25, 0.3) is 10.9 Å². The first-order valence-corrected chi connectivity index (χ1v) is 7.62. The number of piperidine rings is 1. The molecule has 2 aromatic heterocycles. The van der Waals surface area contributed by atoms with Gasteiger partial charge in [0, 0.05) is 18.4 Å². The van der Waals surface area contributed by atoms with E-state index in [1.54, 1.807) is 12.4 Å². The molecule has 2 fully saturated rings. The number of aromatic amines is 1. The summed E-state index contributed by atoms with van der Waals surface area (Å²) in [5, 5.41) is 14.6. The zero-order chi connectivity index (χ0) is 14.3. The molecule has 6 heteroatoms. The van der Waals surface area contributed by atoms with Crippen molar-refractivity contribution in [3.63, 3.8) is 0 Å². The lowest BCUT2D eigenvalue weighted by atomic mass is 9.75. The predicted octanol–water partition coefficient (Wildman–Crippen LogP) is 1.82. The van der Waals surface area contributed by atoms with Crippen LogP contribution in [-0.4, -0.2) is 33.7 Å². The van der Waals surface area contributed by atoms with E-state index in [0.717, 1.165) is 49.6 Å². The first kappa shape index (κ1) is 12.8. The molecule has 1 saturated carbocycles. The number of nitrogens with zero attached hydrogens (tertiary/aromatic N) is 2. The van der Waals surface area contributed by atoms with Gasteiger partial charge in [-0.2, -0.15) is 5.10 Å². The van der Waals surface area contributed by atoms with E-state index in [1.165, 1.54) is 0 Å². The van der Waals surface area contributed by atoms with E-state index in [1.807, 2.05) is 6.07 Å². The first-order chi connectivity index (χ1) is 10.3. The number of amides is 1. The van der Waals surface area contributed by atoms with Gasteiger partial charge in [-0.25, -0.2) is 0 Å². The van der Waals surface area contributed by atoms with Crippen LogP contribution in [-0.2, 0) is 4.79 Å². The van der Waals surface area contributed by atoms with Crippen molar-refractivity contribution in [3.8, 4) is 0 Å². The van der Waals surface area contributed by atoms with Gasteiger partial charge in [0.2, 0.25) is 5.91 Å². The average molecular weight is 285 g/mol. The number of H-pyrrole nitrogens is 1. The summed E-state index contributed by atoms with van der Waals surface area (Å²) in [6.07, 6.45) is 8.66. The number of nitrogens with one attached hydrogen (secondary N) is 3. The number of fused-ring (bicyclic) bond motifs is 2. The van der Waals surface area contributed by atoms with Gasteiger partial charge in [0.05, 0.1) is 16.3 Å². The van der Waals surface area contributed by atoms with E-state index < -0.39 is 0 Å². The minimum atomic E-state index is -0.258. The SMILES string of the molecule is O=C(Nc1n[nH]c2ccncc12)[C@@]12CCCN[C@@H]1CCC2. The molecule has 4 rings (SSSR count). The highest BCUT2D eigenvalue weighted by Gasteiger charge is 2.50. The molecule has 0 unspecified atom stereocenters. The molecule has 1 aliphatic heterocycles. The number of carbonyl (C=O) groups excluding carboxylic acids is 1. The van der Waals surface area contributed by atoms with Gasteiger partial charge < -0.3 is 10.6 Å². The molecule has 2 aromatic rings. The molecule has 3 heterocycles. The van der Waals surface area contributed by atoms with Crippen LogP contribution in [0.2, 0.25) is 0 Å². The molecule has 3 N–H and O–H groups in total. The Labute approximate surface area is 122 Å². The highest BCUT2D eigenvalue weighted by atomic mass is 16.2. The largest absolute Gasteiger partial charge is 0.313 e. The Hall–Kier alpha value is -1.95. The third-order valence-electron chi connectivity index (χ3n) is 5.02. The maximum absolute atomic E-state index is 12.9. The predicted molar refractivity (Wildman–Crippen MR) is 79.8 cm³/mol. The third kappa shape index (κ3) is 1.93. The number of aromatic nitrogens is 3. The zero-order valence-corrected chi connectivity index (χ0v) is 11.9. The van der Waals surface area contributed by atoms with E-state index in [2.05, 4.69) is 25.8 Å². The second kappa shape index (κ2) is 4.80. The van der Waals surface area contributed by atoms with Crippen LogP contribution in [0, 0.1) is 5.41 Å². The fraction of sp³-hybridized carbons (Fsp3) is 0.533. The lowest BCUT2D eigenvalue weighted by Gasteiger charge is -2.38. The molecule has 0 aromatic carbocycles. The molecule has 1 saturated heterocycles. The van der Waals surface area contributed by atoms with Gasteiger partial charge in [0.15, 0.2) is 5.82 Å². The molecule has 2 atom stereocenters. The van der Waals surface area contributed by atoms with E-state index in [-0.39, 0.29) is 11.3 Å². The van der Waals surface area contributed by atoms with Crippen LogP contribution < -0.4 is 10.6 Å². The fourth-order valence-corrected chi connectivity index (χ4v) is 3.92. The highest BCUT2D eigenvalue weighted by Crippen LogP contribution is 2.45. The van der Waals surface area contributed by atoms with Crippen LogP contribution in [0.3, 0.4) is 0 Å². The van der Waals surface area contributed by atoms with Crippen LogP contribution >= 0.6 is 0 Å². The number of rotatable bonds is 2. The Morgan fingerprint density at radius 3 is 3.24 bits per heavy atom. The molecule has 1 amide bonds. The van der Waals surface area contributed by atoms with Gasteiger partial charge in [-0.05, 0) is 38.3 Å². The van der Waals surface area contributed by atoms with E-state index >= 15 is 0 Å². The number of anilines is 1. The van der Waals surface area contributed by atoms with Crippen LogP contribution in [0.5, 0.6) is 0 Å². The Balaban J connectivity index is 1.63. The molecule has 0 radical (unpaired) electrons. The van der Waals surface area contributed by atoms with Crippen molar-refractivity contribution in [2.45, 2.75) is 38.1 Å². The second-order valence-corrected chi connectivity index (χ2v) is 6.11. The smallest absolute Gasteiger partial charge is 0.233 e. The van der Waals surface area contributed by atoms with Gasteiger partial charge in [-0.15, -0.1) is 0 Å². The summed E-state index contributed by atoms with van der Waals surface area (Å²) in [6.45, 7) is 1.02. The number of pyridine rings is 1. The molecule has 110 valence electrons. The summed E-state index contributed by atoms with van der Waals surface area (Å²) < 4.78 is 0. The van der Waals surface area contributed by atoms with Gasteiger partial charge in [-0.1, -0.05) is 6.42 Å². The monoisotopic (exact) mass is 285 g/mol. The highest BCUT2D eigenvalue weighted by molar-refractivity contribution is 6.02. The van der Waals surface area contributed by atoms with Gasteiger partial charge in [-0.3, -0.25) is 14.9 Å². The van der Waals surface area contributed by atoms with Crippen molar-refractivity contribution in [2.75, 3.05) is 11.9 Å². The summed E-state index contributed by atoms with van der Waals surface area (Å²) in [5.74, 6) is 0.697. The molecular formula is C15H19N5O. The molecule has 21 heavy (non-hydrogen) atoms. The summed E-state index contributed by atoms with van der Waals surface area (Å²) in [5.41, 5.74) is 0.633. The van der Waals surface area contributed by atoms with E-state index in [9.17, 15) is 4.79 Å². The maximum Gasteiger partial charge on any atom is 0.233 e. The second-order valence-electron chi connectivity index (χ2n) is 6.11. The van der Waals surface area contributed by atoms with Crippen molar-refractivity contribution < 1.29 is 4.79 Å². The fourth-order valence-electron chi connectivity index (χ4n) is 3.92. The Morgan fingerprint density at radius 2 is 2.29 bits per heavy atom. The number of hydrogen-bond acceptors (Lipinski definition) is 4. The maximum atomic E-state index is 12.9. The van der Waals surface area contributed by atoms with E-state index in [0.29, 0.717) is 11.9 Å². The minimum Gasteiger partial charge on any atom is -0.313 e. The number of hydrogen-bond donors (Lipinski definition) is 3. The third-order valence-corrected chi connectivity index (χ3v) is 5.02. The van der Waals surface area contributed by atoms with Gasteiger partial charge in [0.25, 0.3) is 0 Å². The van der Waals surface area contributed by atoms with Crippen LogP contribution in [0.1, 0.15) is 32.1 Å². The van der Waals surface area contributed by atoms with E-state index in [4.69, 9.17) is 0 Å². The summed E-state index contributed by atoms with van der Waals surface area (Å²) in [7, 11) is 0. The molecular weight excluding hydrogens is 266 g/mol. The summed E-state index contributed by atoms with van der Waals surface area (Å²) in [6, 6.07) is 2.17. The minimum absolute atomic E-state index is 0.106. The summed E-state index contributed by atoms with van der Waals surface area (Å²) in [4.78, 5) is 17.0. The quantitative estimate of drug-likeness (QED) is 0.786. The van der Waals surface area contributed by atoms with Crippen molar-refractivity contribution in [1.82, 2.24) is 20.5 Å². The Kier molecular flexibility index (Phi) is 2.92. The first-order valence-electron chi connectivity index (χ1n) is 7.62. The molecule has 1 aliphatic carbocycles. The van der Waals surface area contributed by atoms with Gasteiger partial charge >= 0.3 is 0 Å². The molecule has 6 nitrogen and oxygen atoms in total. The standard InChI is InChI=1S/C15H19N5O/c21-14(15-5-1-3-12(15)17-7-2-6-15)18-13-10-9-16-8-4-11(10)19-20-13/h4,8-9,12,17H,1-3,5-7H2,(H2,18,19,20,21)/t12-,15+/m1/s1. The van der Waals surface area contributed by atoms with Crippen LogP contribution in [0.15, 0.2) is 18.5 Å². The van der Waals surface area contributed by atoms with Crippen molar-refractivity contribution in [3.05, 3.63) is 18.5 Å². The van der Waals surface area contributed by atoms with Crippen molar-refractivity contribution in [2.24, 2.45) is 5.41 Å². The lowest BCUT2D eigenvalue weighted by molar-refractivity contribution is -0.127.